The van der Waals surface area contributed by atoms with Gasteiger partial charge in [-0.2, -0.15) is 0 Å². The highest BCUT2D eigenvalue weighted by atomic mass is 16.6. The Morgan fingerprint density at radius 1 is 1.14 bits per heavy atom. The summed E-state index contributed by atoms with van der Waals surface area (Å²) in [6, 6.07) is 14.8. The number of carbonyl (C=O) groups excluding carboxylic acids is 1. The maximum atomic E-state index is 11.2. The first kappa shape index (κ1) is 14.4. The maximum Gasteiger partial charge on any atom is 0.274 e. The zero-order valence-electron chi connectivity index (χ0n) is 12.0. The fourth-order valence-corrected chi connectivity index (χ4v) is 2.42. The molecule has 2 N–H and O–H groups in total. The number of para-hydroxylation sites is 2. The van der Waals surface area contributed by atoms with Crippen molar-refractivity contribution in [3.8, 4) is 11.5 Å². The average Bonchev–Trinajstić information content (AvgIpc) is 2.59. The van der Waals surface area contributed by atoms with E-state index in [9.17, 15) is 4.79 Å². The summed E-state index contributed by atoms with van der Waals surface area (Å²) in [6.45, 7) is 0.544. The van der Waals surface area contributed by atoms with Crippen LogP contribution in [0.4, 0.5) is 0 Å². The smallest absolute Gasteiger partial charge is 0.274 e. The van der Waals surface area contributed by atoms with Gasteiger partial charge in [-0.3, -0.25) is 10.0 Å². The second kappa shape index (κ2) is 6.49. The van der Waals surface area contributed by atoms with Gasteiger partial charge in [-0.15, -0.1) is 0 Å². The van der Waals surface area contributed by atoms with Gasteiger partial charge < -0.3 is 9.47 Å². The van der Waals surface area contributed by atoms with Crippen LogP contribution in [0.2, 0.25) is 0 Å². The van der Waals surface area contributed by atoms with E-state index in [1.54, 1.807) is 17.6 Å². The zero-order chi connectivity index (χ0) is 15.4. The SMILES string of the molecule is O=C(NO)c1ccc(CCC2COc3ccccc3O2)cc1. The second-order valence-corrected chi connectivity index (χ2v) is 5.17. The molecule has 22 heavy (non-hydrogen) atoms. The highest BCUT2D eigenvalue weighted by molar-refractivity contribution is 5.93. The first-order chi connectivity index (χ1) is 10.8. The number of nitrogens with one attached hydrogen (secondary N) is 1. The molecule has 1 heterocycles. The molecule has 2 aromatic carbocycles. The van der Waals surface area contributed by atoms with Crippen molar-refractivity contribution in [3.05, 3.63) is 59.7 Å². The van der Waals surface area contributed by atoms with Crippen molar-refractivity contribution >= 4 is 5.91 Å². The molecule has 2 aromatic rings. The molecule has 0 aliphatic carbocycles. The molecule has 1 aliphatic heterocycles. The molecule has 1 unspecified atom stereocenters. The number of aryl methyl sites for hydroxylation is 1. The van der Waals surface area contributed by atoms with Crippen LogP contribution >= 0.6 is 0 Å². The van der Waals surface area contributed by atoms with Gasteiger partial charge in [0.2, 0.25) is 0 Å². The Hall–Kier alpha value is -2.53. The van der Waals surface area contributed by atoms with Crippen LogP contribution in [0.1, 0.15) is 22.3 Å². The summed E-state index contributed by atoms with van der Waals surface area (Å²) in [5.74, 6) is 1.07. The van der Waals surface area contributed by atoms with Crippen LogP contribution in [-0.2, 0) is 6.42 Å². The molecule has 0 aromatic heterocycles. The highest BCUT2D eigenvalue weighted by Crippen LogP contribution is 2.31. The largest absolute Gasteiger partial charge is 0.486 e. The van der Waals surface area contributed by atoms with Crippen molar-refractivity contribution in [2.75, 3.05) is 6.61 Å². The van der Waals surface area contributed by atoms with E-state index in [0.717, 1.165) is 29.9 Å². The predicted molar refractivity (Wildman–Crippen MR) is 80.4 cm³/mol. The fraction of sp³-hybridized carbons (Fsp3) is 0.235. The topological polar surface area (TPSA) is 67.8 Å². The van der Waals surface area contributed by atoms with Crippen LogP contribution in [0.3, 0.4) is 0 Å². The van der Waals surface area contributed by atoms with Gasteiger partial charge in [-0.25, -0.2) is 5.48 Å². The third kappa shape index (κ3) is 3.20. The van der Waals surface area contributed by atoms with E-state index in [-0.39, 0.29) is 6.10 Å². The zero-order valence-corrected chi connectivity index (χ0v) is 12.0. The number of amides is 1. The summed E-state index contributed by atoms with van der Waals surface area (Å²) >= 11 is 0. The molecule has 3 rings (SSSR count). The third-order valence-electron chi connectivity index (χ3n) is 3.64. The molecule has 0 radical (unpaired) electrons. The molecule has 1 amide bonds. The summed E-state index contributed by atoms with van der Waals surface area (Å²) in [5, 5.41) is 8.58. The molecule has 0 saturated heterocycles. The van der Waals surface area contributed by atoms with Gasteiger partial charge in [0.25, 0.3) is 5.91 Å². The minimum Gasteiger partial charge on any atom is -0.486 e. The number of hydroxylamine groups is 1. The average molecular weight is 299 g/mol. The number of carbonyl (C=O) groups is 1. The molecule has 5 heteroatoms. The molecule has 0 spiro atoms. The first-order valence-electron chi connectivity index (χ1n) is 7.18. The first-order valence-corrected chi connectivity index (χ1v) is 7.18. The number of ether oxygens (including phenoxy) is 2. The number of rotatable bonds is 4. The van der Waals surface area contributed by atoms with Gasteiger partial charge in [-0.05, 0) is 42.7 Å². The molecule has 114 valence electrons. The van der Waals surface area contributed by atoms with Crippen LogP contribution in [-0.4, -0.2) is 23.8 Å². The normalized spacial score (nSPS) is 16.1. The van der Waals surface area contributed by atoms with E-state index in [2.05, 4.69) is 0 Å². The van der Waals surface area contributed by atoms with Crippen molar-refractivity contribution in [2.45, 2.75) is 18.9 Å². The molecule has 1 atom stereocenters. The molecular weight excluding hydrogens is 282 g/mol. The summed E-state index contributed by atoms with van der Waals surface area (Å²) < 4.78 is 11.6. The van der Waals surface area contributed by atoms with E-state index < -0.39 is 5.91 Å². The fourth-order valence-electron chi connectivity index (χ4n) is 2.42. The van der Waals surface area contributed by atoms with Gasteiger partial charge in [-0.1, -0.05) is 24.3 Å². The summed E-state index contributed by atoms with van der Waals surface area (Å²) in [6.07, 6.45) is 1.69. The lowest BCUT2D eigenvalue weighted by atomic mass is 10.0. The molecular formula is C17H17NO4. The molecule has 5 nitrogen and oxygen atoms in total. The van der Waals surface area contributed by atoms with E-state index in [1.807, 2.05) is 36.4 Å². The number of hydrogen-bond donors (Lipinski definition) is 2. The summed E-state index contributed by atoms with van der Waals surface area (Å²) in [5.41, 5.74) is 3.15. The Kier molecular flexibility index (Phi) is 4.25. The van der Waals surface area contributed by atoms with E-state index in [1.165, 1.54) is 0 Å². The molecule has 0 fully saturated rings. The van der Waals surface area contributed by atoms with Gasteiger partial charge in [0, 0.05) is 5.56 Å². The Bertz CT molecular complexity index is 654. The molecule has 0 bridgehead atoms. The van der Waals surface area contributed by atoms with Gasteiger partial charge >= 0.3 is 0 Å². The van der Waals surface area contributed by atoms with E-state index in [0.29, 0.717) is 12.2 Å². The lowest BCUT2D eigenvalue weighted by Crippen LogP contribution is -2.29. The predicted octanol–water partition coefficient (Wildman–Crippen LogP) is 2.58. The van der Waals surface area contributed by atoms with E-state index in [4.69, 9.17) is 14.7 Å². The summed E-state index contributed by atoms with van der Waals surface area (Å²) in [4.78, 5) is 11.2. The van der Waals surface area contributed by atoms with E-state index >= 15 is 0 Å². The van der Waals surface area contributed by atoms with Crippen molar-refractivity contribution in [1.29, 1.82) is 0 Å². The van der Waals surface area contributed by atoms with Crippen molar-refractivity contribution in [2.24, 2.45) is 0 Å². The molecule has 1 aliphatic rings. The van der Waals surface area contributed by atoms with Crippen molar-refractivity contribution in [1.82, 2.24) is 5.48 Å². The van der Waals surface area contributed by atoms with Gasteiger partial charge in [0.15, 0.2) is 11.5 Å². The van der Waals surface area contributed by atoms with Crippen molar-refractivity contribution in [3.63, 3.8) is 0 Å². The Morgan fingerprint density at radius 3 is 2.59 bits per heavy atom. The highest BCUT2D eigenvalue weighted by Gasteiger charge is 2.20. The Labute approximate surface area is 128 Å². The molecule has 0 saturated carbocycles. The quantitative estimate of drug-likeness (QED) is 0.672. The van der Waals surface area contributed by atoms with Gasteiger partial charge in [0.1, 0.15) is 12.7 Å². The number of hydrogen-bond acceptors (Lipinski definition) is 4. The van der Waals surface area contributed by atoms with Crippen LogP contribution in [0.25, 0.3) is 0 Å². The van der Waals surface area contributed by atoms with Crippen LogP contribution in [0, 0.1) is 0 Å². The lowest BCUT2D eigenvalue weighted by Gasteiger charge is -2.26. The number of benzene rings is 2. The maximum absolute atomic E-state index is 11.2. The van der Waals surface area contributed by atoms with Crippen molar-refractivity contribution < 1.29 is 19.5 Å². The monoisotopic (exact) mass is 299 g/mol. The lowest BCUT2D eigenvalue weighted by molar-refractivity contribution is 0.0706. The second-order valence-electron chi connectivity index (χ2n) is 5.17. The minimum atomic E-state index is -0.507. The van der Waals surface area contributed by atoms with Crippen LogP contribution in [0.15, 0.2) is 48.5 Å². The Balaban J connectivity index is 1.56. The van der Waals surface area contributed by atoms with Crippen LogP contribution in [0.5, 0.6) is 11.5 Å². The third-order valence-corrected chi connectivity index (χ3v) is 3.64. The number of fused-ring (bicyclic) bond motifs is 1. The summed E-state index contributed by atoms with van der Waals surface area (Å²) in [7, 11) is 0. The van der Waals surface area contributed by atoms with Crippen LogP contribution < -0.4 is 15.0 Å². The Morgan fingerprint density at radius 2 is 1.86 bits per heavy atom. The standard InChI is InChI=1S/C17H17NO4/c19-17(18-20)13-8-5-12(6-9-13)7-10-14-11-21-15-3-1-2-4-16(15)22-14/h1-6,8-9,14,20H,7,10-11H2,(H,18,19). The minimum absolute atomic E-state index is 0.0234. The van der Waals surface area contributed by atoms with Gasteiger partial charge in [0.05, 0.1) is 0 Å².